The molecule has 0 aliphatic carbocycles. The summed E-state index contributed by atoms with van der Waals surface area (Å²) in [6, 6.07) is 11.6. The monoisotopic (exact) mass is 413 g/mol. The summed E-state index contributed by atoms with van der Waals surface area (Å²) in [7, 11) is 0. The van der Waals surface area contributed by atoms with Gasteiger partial charge in [-0.2, -0.15) is 0 Å². The molecule has 0 spiro atoms. The quantitative estimate of drug-likeness (QED) is 0.438. The largest absolute Gasteiger partial charge is 0.433 e. The molecule has 0 saturated carbocycles. The lowest BCUT2D eigenvalue weighted by Gasteiger charge is -2.35. The number of nitro groups is 1. The summed E-state index contributed by atoms with van der Waals surface area (Å²) in [4.78, 5) is 14.7. The zero-order chi connectivity index (χ0) is 15.5. The van der Waals surface area contributed by atoms with Gasteiger partial charge in [0.1, 0.15) is 10.7 Å². The third-order valence-corrected chi connectivity index (χ3v) is 4.49. The van der Waals surface area contributed by atoms with E-state index in [1.54, 1.807) is 6.07 Å². The minimum absolute atomic E-state index is 0.187. The van der Waals surface area contributed by atoms with Crippen molar-refractivity contribution in [1.82, 2.24) is 4.90 Å². The Hall–Kier alpha value is -1.61. The lowest BCUT2D eigenvalue weighted by Crippen LogP contribution is -2.45. The molecular formula is C15H16IN3O3. The second kappa shape index (κ2) is 6.66. The van der Waals surface area contributed by atoms with Gasteiger partial charge in [-0.25, -0.2) is 0 Å². The molecule has 1 aliphatic rings. The number of piperazine rings is 1. The fraction of sp³-hybridized carbons (Fsp3) is 0.333. The Kier molecular flexibility index (Phi) is 4.63. The molecule has 1 aromatic heterocycles. The van der Waals surface area contributed by atoms with E-state index in [-0.39, 0.29) is 5.88 Å². The SMILES string of the molecule is O=[N+]([O-])c1ccc(CN2CCN(c3ccc(I)cc3)CC2)o1. The molecule has 1 aliphatic heterocycles. The standard InChI is InChI=1S/C15H16IN3O3/c16-12-1-3-13(4-2-12)18-9-7-17(8-10-18)11-14-5-6-15(22-14)19(20)21/h1-6H,7-11H2. The van der Waals surface area contributed by atoms with Crippen molar-refractivity contribution in [3.8, 4) is 0 Å². The van der Waals surface area contributed by atoms with E-state index in [4.69, 9.17) is 4.42 Å². The van der Waals surface area contributed by atoms with Crippen LogP contribution in [0, 0.1) is 13.7 Å². The fourth-order valence-electron chi connectivity index (χ4n) is 2.59. The zero-order valence-corrected chi connectivity index (χ0v) is 14.1. The highest BCUT2D eigenvalue weighted by Gasteiger charge is 2.19. The van der Waals surface area contributed by atoms with Crippen LogP contribution >= 0.6 is 22.6 Å². The van der Waals surface area contributed by atoms with Crippen LogP contribution in [0.25, 0.3) is 0 Å². The van der Waals surface area contributed by atoms with E-state index in [1.165, 1.54) is 15.3 Å². The maximum Gasteiger partial charge on any atom is 0.433 e. The van der Waals surface area contributed by atoms with Crippen molar-refractivity contribution in [2.45, 2.75) is 6.54 Å². The molecule has 1 fully saturated rings. The van der Waals surface area contributed by atoms with Crippen LogP contribution in [0.5, 0.6) is 0 Å². The predicted molar refractivity (Wildman–Crippen MR) is 92.0 cm³/mol. The van der Waals surface area contributed by atoms with Crippen LogP contribution in [-0.4, -0.2) is 36.0 Å². The minimum Gasteiger partial charge on any atom is -0.404 e. The Morgan fingerprint density at radius 2 is 1.77 bits per heavy atom. The maximum atomic E-state index is 10.6. The van der Waals surface area contributed by atoms with Gasteiger partial charge in [0, 0.05) is 35.4 Å². The lowest BCUT2D eigenvalue weighted by atomic mass is 10.2. The smallest absolute Gasteiger partial charge is 0.404 e. The molecule has 7 heteroatoms. The molecule has 0 N–H and O–H groups in total. The third kappa shape index (κ3) is 3.58. The van der Waals surface area contributed by atoms with Crippen LogP contribution in [0.3, 0.4) is 0 Å². The fourth-order valence-corrected chi connectivity index (χ4v) is 2.95. The first-order valence-corrected chi connectivity index (χ1v) is 8.16. The van der Waals surface area contributed by atoms with E-state index in [0.717, 1.165) is 26.2 Å². The Bertz CT molecular complexity index is 648. The Balaban J connectivity index is 1.55. The number of nitrogens with zero attached hydrogens (tertiary/aromatic N) is 3. The second-order valence-corrected chi connectivity index (χ2v) is 6.48. The van der Waals surface area contributed by atoms with Gasteiger partial charge in [0.05, 0.1) is 12.6 Å². The first kappa shape index (κ1) is 15.3. The van der Waals surface area contributed by atoms with Gasteiger partial charge in [-0.3, -0.25) is 15.0 Å². The van der Waals surface area contributed by atoms with Crippen LogP contribution in [0.4, 0.5) is 11.6 Å². The molecule has 0 unspecified atom stereocenters. The molecule has 0 radical (unpaired) electrons. The van der Waals surface area contributed by atoms with Gasteiger partial charge < -0.3 is 9.32 Å². The van der Waals surface area contributed by atoms with Crippen molar-refractivity contribution < 1.29 is 9.34 Å². The molecular weight excluding hydrogens is 397 g/mol. The molecule has 0 bridgehead atoms. The topological polar surface area (TPSA) is 62.8 Å². The number of anilines is 1. The molecule has 22 heavy (non-hydrogen) atoms. The van der Waals surface area contributed by atoms with Crippen molar-refractivity contribution in [2.24, 2.45) is 0 Å². The Morgan fingerprint density at radius 1 is 1.09 bits per heavy atom. The number of hydrogen-bond donors (Lipinski definition) is 0. The van der Waals surface area contributed by atoms with Gasteiger partial charge in [0.25, 0.3) is 0 Å². The molecule has 0 atom stereocenters. The summed E-state index contributed by atoms with van der Waals surface area (Å²) in [5.74, 6) is 0.460. The molecule has 1 aromatic carbocycles. The van der Waals surface area contributed by atoms with Gasteiger partial charge in [0.2, 0.25) is 0 Å². The Labute approximate surface area is 142 Å². The number of furan rings is 1. The average molecular weight is 413 g/mol. The van der Waals surface area contributed by atoms with Crippen molar-refractivity contribution in [2.75, 3.05) is 31.1 Å². The number of hydrogen-bond acceptors (Lipinski definition) is 5. The van der Waals surface area contributed by atoms with Gasteiger partial charge in [0.15, 0.2) is 0 Å². The summed E-state index contributed by atoms with van der Waals surface area (Å²) in [6.45, 7) is 4.35. The normalized spacial score (nSPS) is 16.0. The highest BCUT2D eigenvalue weighted by atomic mass is 127. The van der Waals surface area contributed by atoms with E-state index in [0.29, 0.717) is 12.3 Å². The van der Waals surface area contributed by atoms with Crippen LogP contribution in [0.2, 0.25) is 0 Å². The van der Waals surface area contributed by atoms with Crippen molar-refractivity contribution in [1.29, 1.82) is 0 Å². The lowest BCUT2D eigenvalue weighted by molar-refractivity contribution is -0.402. The molecule has 0 amide bonds. The van der Waals surface area contributed by atoms with Gasteiger partial charge in [-0.05, 0) is 52.9 Å². The summed E-state index contributed by atoms with van der Waals surface area (Å²) in [6.07, 6.45) is 0. The third-order valence-electron chi connectivity index (χ3n) is 3.77. The van der Waals surface area contributed by atoms with Crippen molar-refractivity contribution in [3.63, 3.8) is 0 Å². The predicted octanol–water partition coefficient (Wildman–Crippen LogP) is 3.11. The minimum atomic E-state index is -0.502. The average Bonchev–Trinajstić information content (AvgIpc) is 2.98. The van der Waals surface area contributed by atoms with Crippen LogP contribution in [0.1, 0.15) is 5.76 Å². The highest BCUT2D eigenvalue weighted by molar-refractivity contribution is 14.1. The molecule has 2 aromatic rings. The molecule has 116 valence electrons. The number of rotatable bonds is 4. The maximum absolute atomic E-state index is 10.6. The molecule has 6 nitrogen and oxygen atoms in total. The van der Waals surface area contributed by atoms with Crippen molar-refractivity contribution >= 4 is 34.2 Å². The highest BCUT2D eigenvalue weighted by Crippen LogP contribution is 2.20. The van der Waals surface area contributed by atoms with Gasteiger partial charge in [-0.15, -0.1) is 0 Å². The summed E-state index contributed by atoms with van der Waals surface area (Å²) in [5.41, 5.74) is 1.24. The van der Waals surface area contributed by atoms with E-state index in [9.17, 15) is 10.1 Å². The van der Waals surface area contributed by atoms with E-state index >= 15 is 0 Å². The van der Waals surface area contributed by atoms with Crippen molar-refractivity contribution in [3.05, 3.63) is 55.8 Å². The summed E-state index contributed by atoms with van der Waals surface area (Å²) < 4.78 is 6.45. The zero-order valence-electron chi connectivity index (χ0n) is 11.9. The van der Waals surface area contributed by atoms with E-state index in [1.807, 2.05) is 0 Å². The molecule has 3 rings (SSSR count). The summed E-state index contributed by atoms with van der Waals surface area (Å²) in [5, 5.41) is 10.6. The second-order valence-electron chi connectivity index (χ2n) is 5.24. The van der Waals surface area contributed by atoms with Gasteiger partial charge in [-0.1, -0.05) is 0 Å². The molecule has 1 saturated heterocycles. The van der Waals surface area contributed by atoms with Crippen LogP contribution < -0.4 is 4.90 Å². The number of benzene rings is 1. The van der Waals surface area contributed by atoms with Crippen LogP contribution in [0.15, 0.2) is 40.8 Å². The Morgan fingerprint density at radius 3 is 2.36 bits per heavy atom. The molecule has 2 heterocycles. The first-order chi connectivity index (χ1) is 10.6. The van der Waals surface area contributed by atoms with Gasteiger partial charge >= 0.3 is 5.88 Å². The summed E-state index contributed by atoms with van der Waals surface area (Å²) >= 11 is 2.30. The van der Waals surface area contributed by atoms with E-state index < -0.39 is 4.92 Å². The first-order valence-electron chi connectivity index (χ1n) is 7.08. The van der Waals surface area contributed by atoms with E-state index in [2.05, 4.69) is 56.7 Å². The van der Waals surface area contributed by atoms with Crippen LogP contribution in [-0.2, 0) is 6.54 Å². The number of halogens is 1.